The molecular weight excluding hydrogens is 437 g/mol. The molecule has 1 fully saturated rings. The first-order chi connectivity index (χ1) is 15.3. The number of benzene rings is 1. The van der Waals surface area contributed by atoms with Crippen LogP contribution in [0.4, 0.5) is 18.0 Å². The number of likely N-dealkylation sites (tertiary alicyclic amines) is 1. The van der Waals surface area contributed by atoms with Gasteiger partial charge >= 0.3 is 18.2 Å². The maximum atomic E-state index is 13.9. The fraction of sp³-hybridized carbons (Fsp3) is 0.583. The average molecular weight is 471 g/mol. The first-order valence-electron chi connectivity index (χ1n) is 11.0. The van der Waals surface area contributed by atoms with Crippen LogP contribution in [0.15, 0.2) is 18.7 Å². The molecule has 1 aromatic rings. The van der Waals surface area contributed by atoms with Gasteiger partial charge in [-0.05, 0) is 70.3 Å². The van der Waals surface area contributed by atoms with E-state index in [9.17, 15) is 22.8 Å². The molecule has 0 aromatic heterocycles. The number of rotatable bonds is 6. The Bertz CT molecular complexity index is 878. The summed E-state index contributed by atoms with van der Waals surface area (Å²) in [6, 6.07) is 2.03. The molecule has 0 spiro atoms. The zero-order chi connectivity index (χ0) is 25.0. The Kier molecular flexibility index (Phi) is 8.57. The zero-order valence-corrected chi connectivity index (χ0v) is 19.9. The highest BCUT2D eigenvalue weighted by atomic mass is 19.4. The van der Waals surface area contributed by atoms with Crippen molar-refractivity contribution in [1.29, 1.82) is 0 Å². The van der Waals surface area contributed by atoms with Gasteiger partial charge in [0.2, 0.25) is 0 Å². The van der Waals surface area contributed by atoms with Crippen LogP contribution in [0, 0.1) is 0 Å². The van der Waals surface area contributed by atoms with E-state index in [4.69, 9.17) is 9.47 Å². The number of ether oxygens (including phenoxy) is 2. The molecule has 33 heavy (non-hydrogen) atoms. The number of carbonyl (C=O) groups excluding carboxylic acids is 2. The first-order valence-corrected chi connectivity index (χ1v) is 11.0. The van der Waals surface area contributed by atoms with Gasteiger partial charge < -0.3 is 14.4 Å². The molecule has 0 bridgehead atoms. The third-order valence-corrected chi connectivity index (χ3v) is 5.41. The minimum Gasteiger partial charge on any atom is -0.462 e. The molecule has 6 nitrogen and oxygen atoms in total. The Morgan fingerprint density at radius 2 is 1.94 bits per heavy atom. The fourth-order valence-electron chi connectivity index (χ4n) is 3.84. The maximum Gasteiger partial charge on any atom is 0.416 e. The standard InChI is InChI=1S/C24H33F3N2O4/c1-7-16-12-17(21(30)32-8-2)13-20(24(25,26)27)19(16)15-29-11-9-10-18(14-29)28(6)22(31)33-23(3,4)5/h7,12-13,18H,1,8-11,14-15H2,2-6H3/t18-/m0/s1. The first kappa shape index (κ1) is 26.7. The van der Waals surface area contributed by atoms with Crippen LogP contribution in [0.3, 0.4) is 0 Å². The Morgan fingerprint density at radius 1 is 1.27 bits per heavy atom. The highest BCUT2D eigenvalue weighted by Crippen LogP contribution is 2.36. The van der Waals surface area contributed by atoms with Gasteiger partial charge in [-0.15, -0.1) is 0 Å². The molecule has 0 saturated carbocycles. The lowest BCUT2D eigenvalue weighted by Gasteiger charge is -2.38. The summed E-state index contributed by atoms with van der Waals surface area (Å²) in [5.74, 6) is -0.810. The van der Waals surface area contributed by atoms with E-state index in [1.807, 2.05) is 4.90 Å². The molecule has 1 aromatic carbocycles. The zero-order valence-electron chi connectivity index (χ0n) is 19.9. The van der Waals surface area contributed by atoms with E-state index in [0.29, 0.717) is 13.1 Å². The van der Waals surface area contributed by atoms with Gasteiger partial charge in [-0.3, -0.25) is 4.90 Å². The van der Waals surface area contributed by atoms with E-state index in [2.05, 4.69) is 6.58 Å². The number of nitrogens with zero attached hydrogens (tertiary/aromatic N) is 2. The Balaban J connectivity index is 2.30. The van der Waals surface area contributed by atoms with Crippen molar-refractivity contribution in [3.8, 4) is 0 Å². The molecule has 0 unspecified atom stereocenters. The number of amides is 1. The minimum absolute atomic E-state index is 0.0119. The largest absolute Gasteiger partial charge is 0.462 e. The van der Waals surface area contributed by atoms with Crippen LogP contribution in [-0.4, -0.2) is 60.2 Å². The quantitative estimate of drug-likeness (QED) is 0.524. The molecule has 1 saturated heterocycles. The second kappa shape index (κ2) is 10.6. The number of likely N-dealkylation sites (N-methyl/N-ethyl adjacent to an activating group) is 1. The molecular formula is C24H33F3N2O4. The molecule has 0 radical (unpaired) electrons. The molecule has 1 amide bonds. The molecule has 9 heteroatoms. The van der Waals surface area contributed by atoms with Crippen molar-refractivity contribution >= 4 is 18.1 Å². The summed E-state index contributed by atoms with van der Waals surface area (Å²) in [6.07, 6.45) is -2.34. The minimum atomic E-state index is -4.65. The summed E-state index contributed by atoms with van der Waals surface area (Å²) >= 11 is 0. The van der Waals surface area contributed by atoms with E-state index in [0.717, 1.165) is 18.9 Å². The summed E-state index contributed by atoms with van der Waals surface area (Å²) in [7, 11) is 1.65. The van der Waals surface area contributed by atoms with Crippen LogP contribution >= 0.6 is 0 Å². The number of hydrogen-bond acceptors (Lipinski definition) is 5. The third-order valence-electron chi connectivity index (χ3n) is 5.41. The van der Waals surface area contributed by atoms with Crippen LogP contribution in [0.25, 0.3) is 6.08 Å². The summed E-state index contributed by atoms with van der Waals surface area (Å²) < 4.78 is 52.1. The molecule has 0 aliphatic carbocycles. The van der Waals surface area contributed by atoms with Gasteiger partial charge in [0, 0.05) is 26.2 Å². The normalized spacial score (nSPS) is 17.4. The van der Waals surface area contributed by atoms with Crippen LogP contribution in [0.2, 0.25) is 0 Å². The molecule has 2 rings (SSSR count). The van der Waals surface area contributed by atoms with E-state index in [1.165, 1.54) is 17.0 Å². The molecule has 0 N–H and O–H groups in total. The lowest BCUT2D eigenvalue weighted by atomic mass is 9.95. The Morgan fingerprint density at radius 3 is 2.48 bits per heavy atom. The summed E-state index contributed by atoms with van der Waals surface area (Å²) in [4.78, 5) is 27.9. The third kappa shape index (κ3) is 7.22. The van der Waals surface area contributed by atoms with Crippen LogP contribution in [-0.2, 0) is 22.2 Å². The van der Waals surface area contributed by atoms with Gasteiger partial charge in [0.05, 0.1) is 17.7 Å². The van der Waals surface area contributed by atoms with E-state index in [-0.39, 0.29) is 35.9 Å². The summed E-state index contributed by atoms with van der Waals surface area (Å²) in [5, 5.41) is 0. The van der Waals surface area contributed by atoms with Crippen molar-refractivity contribution < 1.29 is 32.2 Å². The SMILES string of the molecule is C=Cc1cc(C(=O)OCC)cc(C(F)(F)F)c1CN1CCC[C@H](N(C)C(=O)OC(C)(C)C)C1. The van der Waals surface area contributed by atoms with Gasteiger partial charge in [-0.1, -0.05) is 12.7 Å². The second-order valence-corrected chi connectivity index (χ2v) is 9.14. The second-order valence-electron chi connectivity index (χ2n) is 9.14. The molecule has 1 aliphatic rings. The van der Waals surface area contributed by atoms with Gasteiger partial charge in [-0.25, -0.2) is 9.59 Å². The topological polar surface area (TPSA) is 59.1 Å². The monoisotopic (exact) mass is 470 g/mol. The number of piperidine rings is 1. The number of halogens is 3. The molecule has 1 atom stereocenters. The van der Waals surface area contributed by atoms with Gasteiger partial charge in [0.1, 0.15) is 5.60 Å². The van der Waals surface area contributed by atoms with Crippen molar-refractivity contribution in [3.63, 3.8) is 0 Å². The van der Waals surface area contributed by atoms with Crippen molar-refractivity contribution in [1.82, 2.24) is 9.80 Å². The fourth-order valence-corrected chi connectivity index (χ4v) is 3.84. The molecule has 1 heterocycles. The predicted octanol–water partition coefficient (Wildman–Crippen LogP) is 5.36. The van der Waals surface area contributed by atoms with Crippen molar-refractivity contribution in [3.05, 3.63) is 41.0 Å². The maximum absolute atomic E-state index is 13.9. The van der Waals surface area contributed by atoms with Crippen molar-refractivity contribution in [2.45, 2.75) is 64.9 Å². The van der Waals surface area contributed by atoms with Crippen LogP contribution in [0.5, 0.6) is 0 Å². The van der Waals surface area contributed by atoms with E-state index in [1.54, 1.807) is 34.7 Å². The molecule has 1 aliphatic heterocycles. The number of esters is 1. The predicted molar refractivity (Wildman–Crippen MR) is 120 cm³/mol. The van der Waals surface area contributed by atoms with Crippen LogP contribution < -0.4 is 0 Å². The number of alkyl halides is 3. The summed E-state index contributed by atoms with van der Waals surface area (Å²) in [5.41, 5.74) is -1.41. The lowest BCUT2D eigenvalue weighted by molar-refractivity contribution is -0.138. The highest BCUT2D eigenvalue weighted by Gasteiger charge is 2.37. The number of carbonyl (C=O) groups is 2. The van der Waals surface area contributed by atoms with Crippen LogP contribution in [0.1, 0.15) is 67.6 Å². The lowest BCUT2D eigenvalue weighted by Crippen LogP contribution is -2.49. The van der Waals surface area contributed by atoms with Gasteiger partial charge in [0.25, 0.3) is 0 Å². The molecule has 184 valence electrons. The summed E-state index contributed by atoms with van der Waals surface area (Å²) in [6.45, 7) is 11.6. The van der Waals surface area contributed by atoms with Crippen molar-refractivity contribution in [2.75, 3.05) is 26.7 Å². The van der Waals surface area contributed by atoms with Gasteiger partial charge in [0.15, 0.2) is 0 Å². The number of hydrogen-bond donors (Lipinski definition) is 0. The van der Waals surface area contributed by atoms with E-state index >= 15 is 0 Å². The average Bonchev–Trinajstić information content (AvgIpc) is 2.71. The van der Waals surface area contributed by atoms with Gasteiger partial charge in [-0.2, -0.15) is 13.2 Å². The smallest absolute Gasteiger partial charge is 0.416 e. The van der Waals surface area contributed by atoms with Crippen molar-refractivity contribution in [2.24, 2.45) is 0 Å². The highest BCUT2D eigenvalue weighted by molar-refractivity contribution is 5.90. The Hall–Kier alpha value is -2.55. The van der Waals surface area contributed by atoms with E-state index < -0.39 is 29.4 Å². The Labute approximate surface area is 193 Å².